The van der Waals surface area contributed by atoms with Crippen molar-refractivity contribution in [3.8, 4) is 34.5 Å². The Morgan fingerprint density at radius 1 is 1.14 bits per heavy atom. The van der Waals surface area contributed by atoms with Crippen molar-refractivity contribution in [1.82, 2.24) is 9.97 Å². The van der Waals surface area contributed by atoms with E-state index in [4.69, 9.17) is 14.2 Å². The summed E-state index contributed by atoms with van der Waals surface area (Å²) >= 11 is 2.94. The summed E-state index contributed by atoms with van der Waals surface area (Å²) in [6.07, 6.45) is 0. The molecule has 0 saturated heterocycles. The zero-order valence-electron chi connectivity index (χ0n) is 11.6. The largest absolute Gasteiger partial charge is 0.493 e. The van der Waals surface area contributed by atoms with Crippen molar-refractivity contribution in [2.45, 2.75) is 0 Å². The van der Waals surface area contributed by atoms with Gasteiger partial charge in [-0.05, 0) is 28.1 Å². The van der Waals surface area contributed by atoms with Crippen LogP contribution in [0.25, 0.3) is 11.4 Å². The Hall–Kier alpha value is -2.22. The Morgan fingerprint density at radius 2 is 1.71 bits per heavy atom. The van der Waals surface area contributed by atoms with Crippen LogP contribution in [0.5, 0.6) is 23.1 Å². The number of aromatic hydroxyl groups is 1. The van der Waals surface area contributed by atoms with Crippen molar-refractivity contribution in [3.05, 3.63) is 27.0 Å². The fourth-order valence-corrected chi connectivity index (χ4v) is 1.99. The minimum Gasteiger partial charge on any atom is -0.493 e. The second kappa shape index (κ2) is 6.04. The zero-order valence-corrected chi connectivity index (χ0v) is 13.1. The van der Waals surface area contributed by atoms with Gasteiger partial charge in [0.05, 0.1) is 21.3 Å². The molecule has 0 amide bonds. The van der Waals surface area contributed by atoms with Crippen LogP contribution in [-0.4, -0.2) is 36.4 Å². The highest BCUT2D eigenvalue weighted by Crippen LogP contribution is 2.40. The highest BCUT2D eigenvalue weighted by atomic mass is 79.9. The van der Waals surface area contributed by atoms with E-state index in [9.17, 15) is 9.90 Å². The van der Waals surface area contributed by atoms with Crippen molar-refractivity contribution in [3.63, 3.8) is 0 Å². The van der Waals surface area contributed by atoms with Gasteiger partial charge in [-0.3, -0.25) is 4.79 Å². The molecule has 1 aromatic heterocycles. The number of H-pyrrole nitrogens is 1. The third-order valence-electron chi connectivity index (χ3n) is 2.78. The highest BCUT2D eigenvalue weighted by molar-refractivity contribution is 9.10. The topological polar surface area (TPSA) is 93.7 Å². The average Bonchev–Trinajstić information content (AvgIpc) is 2.50. The highest BCUT2D eigenvalue weighted by Gasteiger charge is 2.16. The van der Waals surface area contributed by atoms with Gasteiger partial charge in [0.15, 0.2) is 11.5 Å². The summed E-state index contributed by atoms with van der Waals surface area (Å²) in [4.78, 5) is 18.1. The van der Waals surface area contributed by atoms with Gasteiger partial charge in [-0.2, -0.15) is 4.98 Å². The Labute approximate surface area is 128 Å². The van der Waals surface area contributed by atoms with Crippen molar-refractivity contribution in [2.24, 2.45) is 0 Å². The Balaban J connectivity index is 2.67. The molecule has 0 atom stereocenters. The number of aromatic nitrogens is 2. The maximum absolute atomic E-state index is 11.7. The number of hydrogen-bond acceptors (Lipinski definition) is 6. The van der Waals surface area contributed by atoms with Crippen molar-refractivity contribution < 1.29 is 19.3 Å². The molecular weight excluding hydrogens is 344 g/mol. The fraction of sp³-hybridized carbons (Fsp3) is 0.231. The molecule has 0 aliphatic carbocycles. The van der Waals surface area contributed by atoms with Crippen LogP contribution in [0.1, 0.15) is 0 Å². The Kier molecular flexibility index (Phi) is 4.37. The Bertz CT molecular complexity index is 704. The molecule has 7 nitrogen and oxygen atoms in total. The first-order valence-corrected chi connectivity index (χ1v) is 6.60. The first kappa shape index (κ1) is 15.2. The van der Waals surface area contributed by atoms with E-state index >= 15 is 0 Å². The predicted octanol–water partition coefficient (Wildman–Crippen LogP) is 1.93. The van der Waals surface area contributed by atoms with Gasteiger partial charge in [-0.25, -0.2) is 0 Å². The number of nitrogens with zero attached hydrogens (tertiary/aromatic N) is 1. The van der Waals surface area contributed by atoms with Crippen molar-refractivity contribution >= 4 is 15.9 Å². The maximum atomic E-state index is 11.7. The van der Waals surface area contributed by atoms with Gasteiger partial charge in [0.2, 0.25) is 11.6 Å². The minimum atomic E-state index is -0.494. The van der Waals surface area contributed by atoms with Gasteiger partial charge in [0.1, 0.15) is 10.3 Å². The normalized spacial score (nSPS) is 10.3. The van der Waals surface area contributed by atoms with Crippen LogP contribution in [0.2, 0.25) is 0 Å². The van der Waals surface area contributed by atoms with Crippen LogP contribution in [-0.2, 0) is 0 Å². The number of ether oxygens (including phenoxy) is 3. The summed E-state index contributed by atoms with van der Waals surface area (Å²) in [5.74, 6) is 1.03. The molecule has 1 heterocycles. The lowest BCUT2D eigenvalue weighted by molar-refractivity contribution is 0.324. The number of methoxy groups -OCH3 is 3. The molecule has 1 aromatic carbocycles. The van der Waals surface area contributed by atoms with Gasteiger partial charge in [-0.15, -0.1) is 0 Å². The summed E-state index contributed by atoms with van der Waals surface area (Å²) in [7, 11) is 4.46. The van der Waals surface area contributed by atoms with Gasteiger partial charge < -0.3 is 24.3 Å². The third-order valence-corrected chi connectivity index (χ3v) is 3.50. The SMILES string of the molecule is COc1cc(-c2nc(O)c(Br)c(=O)[nH]2)cc(OC)c1OC. The van der Waals surface area contributed by atoms with Gasteiger partial charge in [0, 0.05) is 5.56 Å². The van der Waals surface area contributed by atoms with Crippen molar-refractivity contribution in [2.75, 3.05) is 21.3 Å². The Morgan fingerprint density at radius 3 is 2.14 bits per heavy atom. The first-order chi connectivity index (χ1) is 10.0. The molecule has 0 unspecified atom stereocenters. The van der Waals surface area contributed by atoms with Crippen LogP contribution >= 0.6 is 15.9 Å². The molecule has 0 radical (unpaired) electrons. The van der Waals surface area contributed by atoms with Crippen LogP contribution in [0.4, 0.5) is 0 Å². The molecule has 2 rings (SSSR count). The quantitative estimate of drug-likeness (QED) is 0.869. The lowest BCUT2D eigenvalue weighted by atomic mass is 10.1. The van der Waals surface area contributed by atoms with Crippen LogP contribution < -0.4 is 19.8 Å². The number of nitrogens with one attached hydrogen (secondary N) is 1. The number of rotatable bonds is 4. The second-order valence-electron chi connectivity index (χ2n) is 3.97. The van der Waals surface area contributed by atoms with E-state index in [0.29, 0.717) is 22.8 Å². The summed E-state index contributed by atoms with van der Waals surface area (Å²) in [6.45, 7) is 0. The molecule has 0 aliphatic heterocycles. The van der Waals surface area contributed by atoms with Gasteiger partial charge >= 0.3 is 0 Å². The van der Waals surface area contributed by atoms with E-state index in [0.717, 1.165) is 0 Å². The number of aromatic amines is 1. The first-order valence-electron chi connectivity index (χ1n) is 5.81. The van der Waals surface area contributed by atoms with Gasteiger partial charge in [-0.1, -0.05) is 0 Å². The third kappa shape index (κ3) is 2.80. The number of hydrogen-bond donors (Lipinski definition) is 2. The molecule has 0 saturated carbocycles. The van der Waals surface area contributed by atoms with E-state index in [2.05, 4.69) is 25.9 Å². The molecule has 8 heteroatoms. The smallest absolute Gasteiger partial charge is 0.269 e. The van der Waals surface area contributed by atoms with Gasteiger partial charge in [0.25, 0.3) is 5.56 Å². The fourth-order valence-electron chi connectivity index (χ4n) is 1.80. The van der Waals surface area contributed by atoms with Crippen molar-refractivity contribution in [1.29, 1.82) is 0 Å². The molecule has 0 bridgehead atoms. The monoisotopic (exact) mass is 356 g/mol. The summed E-state index contributed by atoms with van der Waals surface area (Å²) in [6, 6.07) is 3.24. The van der Waals surface area contributed by atoms with E-state index < -0.39 is 11.4 Å². The van der Waals surface area contributed by atoms with E-state index in [-0.39, 0.29) is 10.3 Å². The second-order valence-corrected chi connectivity index (χ2v) is 4.76. The molecule has 2 aromatic rings. The summed E-state index contributed by atoms with van der Waals surface area (Å²) < 4.78 is 15.6. The van der Waals surface area contributed by atoms with E-state index in [1.54, 1.807) is 12.1 Å². The van der Waals surface area contributed by atoms with Crippen LogP contribution in [0.3, 0.4) is 0 Å². The van der Waals surface area contributed by atoms with Crippen LogP contribution in [0, 0.1) is 0 Å². The number of halogens is 1. The molecule has 2 N–H and O–H groups in total. The van der Waals surface area contributed by atoms with Crippen LogP contribution in [0.15, 0.2) is 21.4 Å². The lowest BCUT2D eigenvalue weighted by Crippen LogP contribution is -2.10. The minimum absolute atomic E-state index is 0.0290. The lowest BCUT2D eigenvalue weighted by Gasteiger charge is -2.13. The van der Waals surface area contributed by atoms with E-state index in [1.165, 1.54) is 21.3 Å². The van der Waals surface area contributed by atoms with E-state index in [1.807, 2.05) is 0 Å². The molecule has 0 aliphatic rings. The predicted molar refractivity (Wildman–Crippen MR) is 79.3 cm³/mol. The summed E-state index contributed by atoms with van der Waals surface area (Å²) in [5, 5.41) is 9.63. The summed E-state index contributed by atoms with van der Waals surface area (Å²) in [5.41, 5.74) is 0.00986. The molecule has 0 fully saturated rings. The molecule has 21 heavy (non-hydrogen) atoms. The standard InChI is InChI=1S/C13H13BrN2O5/c1-19-7-4-6(5-8(20-2)10(7)21-3)11-15-12(17)9(14)13(18)16-11/h4-5H,1-3H3,(H2,15,16,17,18). The molecular formula is C13H13BrN2O5. The average molecular weight is 357 g/mol. The zero-order chi connectivity index (χ0) is 15.6. The molecule has 0 spiro atoms. The molecule has 112 valence electrons. The maximum Gasteiger partial charge on any atom is 0.269 e. The number of benzene rings is 1.